The molecule has 3 aromatic rings. The second-order valence-electron chi connectivity index (χ2n) is 8.83. The zero-order valence-electron chi connectivity index (χ0n) is 17.8. The molecule has 2 N–H and O–H groups in total. The molecule has 0 radical (unpaired) electrons. The van der Waals surface area contributed by atoms with E-state index in [1.807, 2.05) is 36.4 Å². The average Bonchev–Trinajstić information content (AvgIpc) is 3.10. The number of halogens is 1. The maximum Gasteiger partial charge on any atom is 0.233 e. The van der Waals surface area contributed by atoms with Gasteiger partial charge < -0.3 is 10.6 Å². The van der Waals surface area contributed by atoms with Crippen LogP contribution >= 0.6 is 0 Å². The van der Waals surface area contributed by atoms with E-state index in [0.29, 0.717) is 23.6 Å². The number of carbonyl (C=O) groups excluding carboxylic acids is 2. The topological polar surface area (TPSA) is 76.0 Å². The molecule has 2 amide bonds. The zero-order valence-corrected chi connectivity index (χ0v) is 17.8. The molecule has 1 atom stereocenters. The van der Waals surface area contributed by atoms with Crippen LogP contribution in [-0.4, -0.2) is 21.6 Å². The van der Waals surface area contributed by atoms with Crippen molar-refractivity contribution >= 4 is 23.3 Å². The highest BCUT2D eigenvalue weighted by molar-refractivity contribution is 6.04. The van der Waals surface area contributed by atoms with E-state index in [1.54, 1.807) is 10.7 Å². The Bertz CT molecular complexity index is 1130. The summed E-state index contributed by atoms with van der Waals surface area (Å²) in [6, 6.07) is 15.8. The van der Waals surface area contributed by atoms with Crippen LogP contribution in [-0.2, 0) is 21.5 Å². The van der Waals surface area contributed by atoms with Crippen molar-refractivity contribution in [3.05, 3.63) is 77.2 Å². The van der Waals surface area contributed by atoms with Gasteiger partial charge in [0.1, 0.15) is 11.6 Å². The molecule has 4 rings (SSSR count). The van der Waals surface area contributed by atoms with Crippen molar-refractivity contribution in [3.63, 3.8) is 0 Å². The fraction of sp³-hybridized carbons (Fsp3) is 0.292. The summed E-state index contributed by atoms with van der Waals surface area (Å²) in [4.78, 5) is 25.3. The molecule has 6 nitrogen and oxygen atoms in total. The maximum atomic E-state index is 13.6. The Morgan fingerprint density at radius 3 is 2.65 bits per heavy atom. The lowest BCUT2D eigenvalue weighted by molar-refractivity contribution is -0.123. The fourth-order valence-electron chi connectivity index (χ4n) is 3.65. The predicted octanol–water partition coefficient (Wildman–Crippen LogP) is 4.43. The highest BCUT2D eigenvalue weighted by Gasteiger charge is 2.32. The van der Waals surface area contributed by atoms with E-state index in [-0.39, 0.29) is 23.7 Å². The minimum Gasteiger partial charge on any atom is -0.326 e. The van der Waals surface area contributed by atoms with E-state index in [1.165, 1.54) is 12.1 Å². The van der Waals surface area contributed by atoms with E-state index in [2.05, 4.69) is 31.4 Å². The molecule has 0 fully saturated rings. The number of nitrogens with zero attached hydrogens (tertiary/aromatic N) is 2. The summed E-state index contributed by atoms with van der Waals surface area (Å²) in [6.07, 6.45) is 0.00339. The van der Waals surface area contributed by atoms with E-state index in [9.17, 15) is 14.0 Å². The molecule has 1 aliphatic rings. The monoisotopic (exact) mass is 420 g/mol. The quantitative estimate of drug-likeness (QED) is 0.656. The summed E-state index contributed by atoms with van der Waals surface area (Å²) in [6.45, 7) is 6.68. The first-order valence-corrected chi connectivity index (χ1v) is 10.2. The van der Waals surface area contributed by atoms with Gasteiger partial charge in [0.25, 0.3) is 0 Å². The molecule has 0 spiro atoms. The van der Waals surface area contributed by atoms with Gasteiger partial charge in [-0.15, -0.1) is 0 Å². The number of fused-ring (bicyclic) bond motifs is 1. The third-order valence-electron chi connectivity index (χ3n) is 5.35. The van der Waals surface area contributed by atoms with Crippen LogP contribution in [0.15, 0.2) is 54.6 Å². The molecular weight excluding hydrogens is 395 g/mol. The molecule has 2 aromatic carbocycles. The molecule has 0 saturated heterocycles. The Morgan fingerprint density at radius 2 is 1.94 bits per heavy atom. The molecule has 31 heavy (non-hydrogen) atoms. The van der Waals surface area contributed by atoms with E-state index < -0.39 is 11.7 Å². The van der Waals surface area contributed by atoms with Crippen molar-refractivity contribution in [2.24, 2.45) is 0 Å². The van der Waals surface area contributed by atoms with Crippen molar-refractivity contribution in [1.29, 1.82) is 0 Å². The van der Waals surface area contributed by atoms with Crippen molar-refractivity contribution in [3.8, 4) is 0 Å². The lowest BCUT2D eigenvalue weighted by Gasteiger charge is -2.25. The Balaban J connectivity index is 1.65. The van der Waals surface area contributed by atoms with Gasteiger partial charge in [0, 0.05) is 23.6 Å². The van der Waals surface area contributed by atoms with Crippen LogP contribution in [0.1, 0.15) is 49.9 Å². The van der Waals surface area contributed by atoms with Crippen LogP contribution < -0.4 is 10.6 Å². The number of aromatic nitrogens is 2. The first-order valence-electron chi connectivity index (χ1n) is 10.2. The summed E-state index contributed by atoms with van der Waals surface area (Å²) in [5.74, 6) is -1.24. The Morgan fingerprint density at radius 1 is 1.19 bits per heavy atom. The summed E-state index contributed by atoms with van der Waals surface area (Å²) in [5, 5.41) is 10.3. The fourth-order valence-corrected chi connectivity index (χ4v) is 3.65. The Kier molecular flexibility index (Phi) is 5.35. The van der Waals surface area contributed by atoms with E-state index >= 15 is 0 Å². The van der Waals surface area contributed by atoms with Crippen molar-refractivity contribution in [2.75, 3.05) is 10.6 Å². The number of nitrogens with one attached hydrogen (secondary N) is 2. The number of carbonyl (C=O) groups is 2. The first-order chi connectivity index (χ1) is 14.7. The molecule has 1 unspecified atom stereocenters. The molecule has 2 heterocycles. The highest BCUT2D eigenvalue weighted by atomic mass is 19.1. The largest absolute Gasteiger partial charge is 0.326 e. The third kappa shape index (κ3) is 4.50. The minimum absolute atomic E-state index is 0.00339. The number of anilines is 2. The number of rotatable bonds is 4. The molecule has 1 aliphatic heterocycles. The molecule has 1 aromatic heterocycles. The molecular formula is C24H25FN4O2. The maximum absolute atomic E-state index is 13.6. The van der Waals surface area contributed by atoms with Gasteiger partial charge in [-0.25, -0.2) is 9.07 Å². The van der Waals surface area contributed by atoms with E-state index in [0.717, 1.165) is 11.3 Å². The van der Waals surface area contributed by atoms with Crippen LogP contribution in [0.4, 0.5) is 15.9 Å². The SMILES string of the molecule is CC(C)(C)c1cc(NC(=O)C2CC(=O)Nc3cc(F)ccc32)n(Cc2ccccc2)n1. The predicted molar refractivity (Wildman–Crippen MR) is 117 cm³/mol. The smallest absolute Gasteiger partial charge is 0.233 e. The highest BCUT2D eigenvalue weighted by Crippen LogP contribution is 2.34. The zero-order chi connectivity index (χ0) is 22.2. The summed E-state index contributed by atoms with van der Waals surface area (Å²) >= 11 is 0. The molecule has 160 valence electrons. The van der Waals surface area contributed by atoms with Crippen LogP contribution in [0, 0.1) is 5.82 Å². The lowest BCUT2D eigenvalue weighted by Crippen LogP contribution is -2.31. The second-order valence-corrected chi connectivity index (χ2v) is 8.83. The molecule has 7 heteroatoms. The first kappa shape index (κ1) is 20.8. The minimum atomic E-state index is -0.706. The molecule has 0 saturated carbocycles. The third-order valence-corrected chi connectivity index (χ3v) is 5.35. The number of amides is 2. The van der Waals surface area contributed by atoms with Gasteiger partial charge in [-0.3, -0.25) is 9.59 Å². The van der Waals surface area contributed by atoms with Gasteiger partial charge in [0.05, 0.1) is 18.2 Å². The van der Waals surface area contributed by atoms with Gasteiger partial charge in [-0.2, -0.15) is 5.10 Å². The summed E-state index contributed by atoms with van der Waals surface area (Å²) < 4.78 is 15.4. The Labute approximate surface area is 180 Å². The summed E-state index contributed by atoms with van der Waals surface area (Å²) in [7, 11) is 0. The number of hydrogen-bond acceptors (Lipinski definition) is 3. The van der Waals surface area contributed by atoms with Crippen LogP contribution in [0.5, 0.6) is 0 Å². The van der Waals surface area contributed by atoms with Crippen LogP contribution in [0.2, 0.25) is 0 Å². The van der Waals surface area contributed by atoms with Crippen molar-refractivity contribution < 1.29 is 14.0 Å². The standard InChI is InChI=1S/C24H25FN4O2/c1-24(2,3)20-13-21(29(28-20)14-15-7-5-4-6-8-15)27-23(31)18-12-22(30)26-19-11-16(25)9-10-17(18)19/h4-11,13,18H,12,14H2,1-3H3,(H,26,30)(H,27,31). The summed E-state index contributed by atoms with van der Waals surface area (Å²) in [5.41, 5.74) is 2.64. The van der Waals surface area contributed by atoms with E-state index in [4.69, 9.17) is 5.10 Å². The van der Waals surface area contributed by atoms with Crippen LogP contribution in [0.25, 0.3) is 0 Å². The molecule has 0 bridgehead atoms. The van der Waals surface area contributed by atoms with Crippen LogP contribution in [0.3, 0.4) is 0 Å². The van der Waals surface area contributed by atoms with Gasteiger partial charge >= 0.3 is 0 Å². The number of benzene rings is 2. The normalized spacial score (nSPS) is 15.9. The van der Waals surface area contributed by atoms with Crippen molar-refractivity contribution in [1.82, 2.24) is 9.78 Å². The second kappa shape index (κ2) is 7.98. The van der Waals surface area contributed by atoms with Gasteiger partial charge in [0.2, 0.25) is 11.8 Å². The average molecular weight is 420 g/mol. The van der Waals surface area contributed by atoms with Gasteiger partial charge in [-0.05, 0) is 23.3 Å². The van der Waals surface area contributed by atoms with Gasteiger partial charge in [-0.1, -0.05) is 57.2 Å². The van der Waals surface area contributed by atoms with Crippen molar-refractivity contribution in [2.45, 2.75) is 45.1 Å². The molecule has 0 aliphatic carbocycles. The van der Waals surface area contributed by atoms with Gasteiger partial charge in [0.15, 0.2) is 0 Å². The lowest BCUT2D eigenvalue weighted by atomic mass is 9.89. The Hall–Kier alpha value is -3.48. The number of hydrogen-bond donors (Lipinski definition) is 2.